The van der Waals surface area contributed by atoms with Gasteiger partial charge in [-0.05, 0) is 123 Å². The molecule has 0 saturated carbocycles. The Morgan fingerprint density at radius 2 is 0.901 bits per heavy atom. The fourth-order valence-corrected chi connectivity index (χ4v) is 11.4. The third-order valence-corrected chi connectivity index (χ3v) is 15.5. The number of piperazine rings is 2. The molecule has 0 aliphatic carbocycles. The Morgan fingerprint density at radius 3 is 1.28 bits per heavy atom. The van der Waals surface area contributed by atoms with Crippen LogP contribution in [-0.4, -0.2) is 161 Å². The highest BCUT2D eigenvalue weighted by Crippen LogP contribution is 2.34. The maximum Gasteiger partial charge on any atom is 0.337 e. The summed E-state index contributed by atoms with van der Waals surface area (Å²) in [6, 6.07) is 8.92. The minimum absolute atomic E-state index is 0.169. The Labute approximate surface area is 417 Å². The van der Waals surface area contributed by atoms with E-state index in [0.29, 0.717) is 38.0 Å². The van der Waals surface area contributed by atoms with E-state index in [1.807, 2.05) is 13.8 Å². The standard InChI is InChI=1S/C26H36FN7O2.C26H37N7O2/c1-17-13-20(25(35)36)15-28-24(17)32-11-12-33(19(3)16-32)23-14-22(31-9-6-21(27)7-10-31)29-26(30-23)34-8-4-5-18(34)2;1-18-14-21(25(34)35)16-27-24(18)31-12-13-32(20(3)17-31)23-15-22(30-9-5-4-6-10-30)28-26(29-23)33-11-7-8-19(33)2/h13-15,18-19,21H,4-12,16H2,1-3H3,(H,35,36);14-16,19-20H,4-13,17H2,1-3H3,(H,34,35)/t18?,19-;19?,20-/m11/s1. The molecule has 382 valence electrons. The Morgan fingerprint density at radius 1 is 0.479 bits per heavy atom. The molecule has 6 aliphatic rings. The second kappa shape index (κ2) is 21.6. The van der Waals surface area contributed by atoms with Crippen molar-refractivity contribution in [2.45, 2.75) is 130 Å². The van der Waals surface area contributed by atoms with E-state index in [-0.39, 0.29) is 23.2 Å². The second-order valence-electron chi connectivity index (χ2n) is 20.7. The molecule has 10 heterocycles. The van der Waals surface area contributed by atoms with Crippen molar-refractivity contribution in [3.05, 3.63) is 58.9 Å². The minimum atomic E-state index is -0.964. The molecule has 71 heavy (non-hydrogen) atoms. The summed E-state index contributed by atoms with van der Waals surface area (Å²) >= 11 is 0. The zero-order valence-electron chi connectivity index (χ0n) is 42.5. The number of carboxylic acid groups (broad SMARTS) is 2. The number of piperidine rings is 2. The normalized spacial score (nSPS) is 23.3. The van der Waals surface area contributed by atoms with Crippen LogP contribution in [0.1, 0.15) is 117 Å². The first kappa shape index (κ1) is 49.7. The van der Waals surface area contributed by atoms with Gasteiger partial charge in [0.25, 0.3) is 0 Å². The largest absolute Gasteiger partial charge is 0.478 e. The summed E-state index contributed by atoms with van der Waals surface area (Å²) in [6.45, 7) is 22.9. The Bertz CT molecular complexity index is 2520. The molecule has 6 aliphatic heterocycles. The fraction of sp³-hybridized carbons (Fsp3) is 0.615. The van der Waals surface area contributed by atoms with Crippen LogP contribution in [0.4, 0.5) is 51.2 Å². The van der Waals surface area contributed by atoms with Crippen molar-refractivity contribution in [3.8, 4) is 0 Å². The van der Waals surface area contributed by atoms with Crippen molar-refractivity contribution in [3.63, 3.8) is 0 Å². The van der Waals surface area contributed by atoms with Gasteiger partial charge in [-0.1, -0.05) is 0 Å². The predicted octanol–water partition coefficient (Wildman–Crippen LogP) is 7.09. The third kappa shape index (κ3) is 11.1. The van der Waals surface area contributed by atoms with E-state index in [1.54, 1.807) is 12.1 Å². The van der Waals surface area contributed by atoms with Gasteiger partial charge in [0, 0.05) is 127 Å². The summed E-state index contributed by atoms with van der Waals surface area (Å²) in [5.74, 6) is 5.28. The average molecular weight is 977 g/mol. The number of rotatable bonds is 10. The summed E-state index contributed by atoms with van der Waals surface area (Å²) in [4.78, 5) is 70.2. The van der Waals surface area contributed by atoms with Crippen LogP contribution in [0.25, 0.3) is 0 Å². The van der Waals surface area contributed by atoms with Gasteiger partial charge in [-0.15, -0.1) is 0 Å². The van der Waals surface area contributed by atoms with Gasteiger partial charge in [-0.2, -0.15) is 19.9 Å². The van der Waals surface area contributed by atoms with Gasteiger partial charge in [0.15, 0.2) is 0 Å². The van der Waals surface area contributed by atoms with Crippen LogP contribution < -0.4 is 39.2 Å². The van der Waals surface area contributed by atoms with Gasteiger partial charge < -0.3 is 49.4 Å². The number of carboxylic acids is 2. The minimum Gasteiger partial charge on any atom is -0.478 e. The van der Waals surface area contributed by atoms with Crippen molar-refractivity contribution in [1.29, 1.82) is 0 Å². The van der Waals surface area contributed by atoms with Crippen molar-refractivity contribution >= 4 is 58.7 Å². The summed E-state index contributed by atoms with van der Waals surface area (Å²) in [7, 11) is 0. The van der Waals surface area contributed by atoms with Crippen LogP contribution >= 0.6 is 0 Å². The summed E-state index contributed by atoms with van der Waals surface area (Å²) < 4.78 is 13.8. The first-order valence-electron chi connectivity index (χ1n) is 26.1. The molecule has 10 rings (SSSR count). The van der Waals surface area contributed by atoms with E-state index in [0.717, 1.165) is 136 Å². The lowest BCUT2D eigenvalue weighted by atomic mass is 10.1. The molecule has 0 spiro atoms. The molecule has 0 amide bonds. The number of alkyl halides is 1. The molecule has 19 heteroatoms. The van der Waals surface area contributed by atoms with E-state index in [1.165, 1.54) is 44.5 Å². The lowest BCUT2D eigenvalue weighted by Crippen LogP contribution is -2.53. The lowest BCUT2D eigenvalue weighted by Gasteiger charge is -2.42. The van der Waals surface area contributed by atoms with Crippen molar-refractivity contribution in [2.75, 3.05) is 118 Å². The number of aromatic carboxylic acids is 2. The maximum absolute atomic E-state index is 13.8. The molecule has 2 unspecified atom stereocenters. The van der Waals surface area contributed by atoms with Crippen molar-refractivity contribution < 1.29 is 24.2 Å². The third-order valence-electron chi connectivity index (χ3n) is 15.5. The number of pyridine rings is 2. The number of anilines is 8. The first-order chi connectivity index (χ1) is 34.2. The zero-order valence-corrected chi connectivity index (χ0v) is 42.5. The fourth-order valence-electron chi connectivity index (χ4n) is 11.4. The highest BCUT2D eigenvalue weighted by Gasteiger charge is 2.33. The van der Waals surface area contributed by atoms with Gasteiger partial charge >= 0.3 is 11.9 Å². The van der Waals surface area contributed by atoms with Gasteiger partial charge in [0.05, 0.1) is 11.1 Å². The number of hydrogen-bond donors (Lipinski definition) is 2. The van der Waals surface area contributed by atoms with Gasteiger partial charge in [-0.25, -0.2) is 23.9 Å². The van der Waals surface area contributed by atoms with E-state index >= 15 is 0 Å². The van der Waals surface area contributed by atoms with Crippen molar-refractivity contribution in [1.82, 2.24) is 29.9 Å². The average Bonchev–Trinajstić information content (AvgIpc) is 4.01. The number of halogens is 1. The van der Waals surface area contributed by atoms with Crippen LogP contribution in [-0.2, 0) is 0 Å². The first-order valence-corrected chi connectivity index (χ1v) is 26.1. The van der Waals surface area contributed by atoms with E-state index in [4.69, 9.17) is 19.9 Å². The molecule has 2 N–H and O–H groups in total. The molecule has 4 aromatic heterocycles. The van der Waals surface area contributed by atoms with Crippen LogP contribution in [0.15, 0.2) is 36.7 Å². The molecule has 6 saturated heterocycles. The van der Waals surface area contributed by atoms with E-state index in [9.17, 15) is 24.2 Å². The SMILES string of the molecule is Cc1cc(C(=O)O)cnc1N1CCN(c2cc(N3CCC(F)CC3)nc(N3CCCC3C)n2)[C@H](C)C1.Cc1cc(C(=O)O)cnc1N1CCN(c2cc(N3CCCCC3)nc(N3CCCC3C)n2)[C@H](C)C1. The van der Waals surface area contributed by atoms with Crippen LogP contribution in [0.3, 0.4) is 0 Å². The van der Waals surface area contributed by atoms with Crippen molar-refractivity contribution in [2.24, 2.45) is 0 Å². The quantitative estimate of drug-likeness (QED) is 0.164. The summed E-state index contributed by atoms with van der Waals surface area (Å²) in [5, 5.41) is 18.5. The molecule has 0 bridgehead atoms. The smallest absolute Gasteiger partial charge is 0.337 e. The van der Waals surface area contributed by atoms with E-state index < -0.39 is 18.1 Å². The maximum atomic E-state index is 13.8. The number of aryl methyl sites for hydroxylation is 2. The summed E-state index contributed by atoms with van der Waals surface area (Å²) in [5.41, 5.74) is 2.19. The van der Waals surface area contributed by atoms with Crippen LogP contribution in [0.5, 0.6) is 0 Å². The Balaban J connectivity index is 0.000000176. The molecular formula is C52H73FN14O4. The predicted molar refractivity (Wildman–Crippen MR) is 278 cm³/mol. The lowest BCUT2D eigenvalue weighted by molar-refractivity contribution is 0.0685. The second-order valence-corrected chi connectivity index (χ2v) is 20.7. The van der Waals surface area contributed by atoms with Gasteiger partial charge in [-0.3, -0.25) is 0 Å². The number of hydrogen-bond acceptors (Lipinski definition) is 16. The number of nitrogens with zero attached hydrogens (tertiary/aromatic N) is 14. The molecule has 0 radical (unpaired) electrons. The van der Waals surface area contributed by atoms with Gasteiger partial charge in [0.1, 0.15) is 41.1 Å². The summed E-state index contributed by atoms with van der Waals surface area (Å²) in [6.07, 6.45) is 11.6. The Kier molecular flexibility index (Phi) is 15.1. The molecule has 4 atom stereocenters. The highest BCUT2D eigenvalue weighted by atomic mass is 19.1. The zero-order chi connectivity index (χ0) is 49.9. The molecule has 4 aromatic rings. The van der Waals surface area contributed by atoms with Crippen LogP contribution in [0, 0.1) is 13.8 Å². The topological polar surface area (TPSA) is 178 Å². The molecular weight excluding hydrogens is 904 g/mol. The molecule has 18 nitrogen and oxygen atoms in total. The van der Waals surface area contributed by atoms with Crippen LogP contribution in [0.2, 0.25) is 0 Å². The monoisotopic (exact) mass is 977 g/mol. The number of carbonyl (C=O) groups is 2. The Hall–Kier alpha value is -6.27. The van der Waals surface area contributed by atoms with Gasteiger partial charge in [0.2, 0.25) is 11.9 Å². The number of aromatic nitrogens is 6. The molecule has 0 aromatic carbocycles. The highest BCUT2D eigenvalue weighted by molar-refractivity contribution is 5.88. The molecule has 6 fully saturated rings. The van der Waals surface area contributed by atoms with E-state index in [2.05, 4.69) is 89.0 Å².